The van der Waals surface area contributed by atoms with Crippen LogP contribution >= 0.6 is 0 Å². The number of benzene rings is 1. The molecule has 1 heterocycles. The van der Waals surface area contributed by atoms with Gasteiger partial charge in [0.25, 0.3) is 10.1 Å². The Morgan fingerprint density at radius 3 is 2.56 bits per heavy atom. The first-order valence-electron chi connectivity index (χ1n) is 5.00. The molecule has 18 heavy (non-hydrogen) atoms. The van der Waals surface area contributed by atoms with Crippen molar-refractivity contribution >= 4 is 21.1 Å². The second-order valence-electron chi connectivity index (χ2n) is 3.61. The standard InChI is InChI=1S/C10H9FO2.CH4O3S/c11-8-1-2-10-9(5-8)7(3-4-12)6-13-10;1-5(2,3)4/h1-2,5-6,12H,3-4H2;1H3,(H,2,3,4). The molecule has 0 radical (unpaired) electrons. The lowest BCUT2D eigenvalue weighted by Gasteiger charge is -1.93. The molecule has 0 aliphatic rings. The fourth-order valence-corrected chi connectivity index (χ4v) is 1.37. The van der Waals surface area contributed by atoms with E-state index in [-0.39, 0.29) is 12.4 Å². The van der Waals surface area contributed by atoms with Crippen molar-refractivity contribution in [3.63, 3.8) is 0 Å². The summed E-state index contributed by atoms with van der Waals surface area (Å²) >= 11 is 0. The molecule has 0 fully saturated rings. The van der Waals surface area contributed by atoms with Crippen LogP contribution in [-0.2, 0) is 16.5 Å². The van der Waals surface area contributed by atoms with Gasteiger partial charge in [0, 0.05) is 17.6 Å². The molecule has 0 atom stereocenters. The molecule has 7 heteroatoms. The van der Waals surface area contributed by atoms with E-state index in [0.29, 0.717) is 18.3 Å². The van der Waals surface area contributed by atoms with Gasteiger partial charge in [-0.1, -0.05) is 0 Å². The van der Waals surface area contributed by atoms with E-state index < -0.39 is 10.1 Å². The molecule has 100 valence electrons. The number of furan rings is 1. The van der Waals surface area contributed by atoms with E-state index in [1.807, 2.05) is 0 Å². The normalized spacial score (nSPS) is 11.1. The first kappa shape index (κ1) is 14.6. The highest BCUT2D eigenvalue weighted by Crippen LogP contribution is 2.22. The molecule has 1 aromatic heterocycles. The molecule has 0 aliphatic heterocycles. The van der Waals surface area contributed by atoms with E-state index in [4.69, 9.17) is 14.1 Å². The lowest BCUT2D eigenvalue weighted by Crippen LogP contribution is -1.88. The van der Waals surface area contributed by atoms with Crippen molar-refractivity contribution in [1.82, 2.24) is 0 Å². The third-order valence-corrected chi connectivity index (χ3v) is 2.00. The van der Waals surface area contributed by atoms with Crippen LogP contribution in [0, 0.1) is 5.82 Å². The smallest absolute Gasteiger partial charge is 0.261 e. The lowest BCUT2D eigenvalue weighted by atomic mass is 10.1. The van der Waals surface area contributed by atoms with Crippen molar-refractivity contribution in [2.75, 3.05) is 12.9 Å². The Hall–Kier alpha value is -1.44. The van der Waals surface area contributed by atoms with Gasteiger partial charge >= 0.3 is 0 Å². The maximum Gasteiger partial charge on any atom is 0.261 e. The molecule has 0 bridgehead atoms. The molecule has 0 spiro atoms. The van der Waals surface area contributed by atoms with E-state index in [0.717, 1.165) is 10.9 Å². The molecule has 0 aliphatic carbocycles. The lowest BCUT2D eigenvalue weighted by molar-refractivity contribution is 0.299. The van der Waals surface area contributed by atoms with Crippen LogP contribution in [0.5, 0.6) is 0 Å². The molecule has 0 saturated carbocycles. The van der Waals surface area contributed by atoms with E-state index in [1.165, 1.54) is 12.1 Å². The Kier molecular flexibility index (Phi) is 4.83. The second kappa shape index (κ2) is 5.94. The predicted molar refractivity (Wildman–Crippen MR) is 64.4 cm³/mol. The average Bonchev–Trinajstić information content (AvgIpc) is 2.59. The van der Waals surface area contributed by atoms with Crippen LogP contribution in [0.1, 0.15) is 5.56 Å². The zero-order chi connectivity index (χ0) is 13.8. The van der Waals surface area contributed by atoms with E-state index in [2.05, 4.69) is 0 Å². The number of halogens is 1. The summed E-state index contributed by atoms with van der Waals surface area (Å²) in [7, 11) is -3.67. The minimum Gasteiger partial charge on any atom is -0.464 e. The largest absolute Gasteiger partial charge is 0.464 e. The van der Waals surface area contributed by atoms with Gasteiger partial charge in [-0.05, 0) is 24.6 Å². The van der Waals surface area contributed by atoms with Crippen molar-refractivity contribution in [2.45, 2.75) is 6.42 Å². The second-order valence-corrected chi connectivity index (χ2v) is 5.07. The van der Waals surface area contributed by atoms with Crippen LogP contribution in [0.15, 0.2) is 28.9 Å². The van der Waals surface area contributed by atoms with Crippen molar-refractivity contribution in [3.8, 4) is 0 Å². The summed E-state index contributed by atoms with van der Waals surface area (Å²) in [5.41, 5.74) is 1.50. The highest BCUT2D eigenvalue weighted by Gasteiger charge is 2.05. The van der Waals surface area contributed by atoms with Gasteiger partial charge in [0.15, 0.2) is 0 Å². The summed E-state index contributed by atoms with van der Waals surface area (Å²) in [6.45, 7) is 0.0468. The zero-order valence-electron chi connectivity index (χ0n) is 9.63. The van der Waals surface area contributed by atoms with Crippen LogP contribution in [0.25, 0.3) is 11.0 Å². The third-order valence-electron chi connectivity index (χ3n) is 2.00. The molecule has 5 nitrogen and oxygen atoms in total. The molecule has 2 N–H and O–H groups in total. The molecular weight excluding hydrogens is 263 g/mol. The molecule has 0 unspecified atom stereocenters. The van der Waals surface area contributed by atoms with E-state index in [9.17, 15) is 12.8 Å². The predicted octanol–water partition coefficient (Wildman–Crippen LogP) is 1.61. The maximum absolute atomic E-state index is 12.8. The SMILES string of the molecule is CS(=O)(=O)O.OCCc1coc2ccc(F)cc12. The summed E-state index contributed by atoms with van der Waals surface area (Å²) in [6, 6.07) is 4.37. The summed E-state index contributed by atoms with van der Waals surface area (Å²) in [6.07, 6.45) is 2.77. The highest BCUT2D eigenvalue weighted by atomic mass is 32.2. The fraction of sp³-hybridized carbons (Fsp3) is 0.273. The van der Waals surface area contributed by atoms with Crippen LogP contribution < -0.4 is 0 Å². The van der Waals surface area contributed by atoms with E-state index >= 15 is 0 Å². The van der Waals surface area contributed by atoms with Gasteiger partial charge in [-0.15, -0.1) is 0 Å². The Morgan fingerprint density at radius 2 is 2.00 bits per heavy atom. The Bertz CT molecular complexity index is 609. The minimum absolute atomic E-state index is 0.0468. The molecule has 0 saturated heterocycles. The van der Waals surface area contributed by atoms with Crippen LogP contribution in [0.2, 0.25) is 0 Å². The number of aliphatic hydroxyl groups is 1. The van der Waals surface area contributed by atoms with Crippen molar-refractivity contribution in [2.24, 2.45) is 0 Å². The monoisotopic (exact) mass is 276 g/mol. The van der Waals surface area contributed by atoms with Gasteiger partial charge in [0.1, 0.15) is 11.4 Å². The number of hydrogen-bond acceptors (Lipinski definition) is 4. The number of aliphatic hydroxyl groups excluding tert-OH is 1. The number of hydrogen-bond donors (Lipinski definition) is 2. The molecule has 2 aromatic rings. The Balaban J connectivity index is 0.000000280. The van der Waals surface area contributed by atoms with Gasteiger partial charge in [-0.25, -0.2) is 4.39 Å². The van der Waals surface area contributed by atoms with Gasteiger partial charge in [0.2, 0.25) is 0 Å². The first-order valence-corrected chi connectivity index (χ1v) is 6.85. The summed E-state index contributed by atoms with van der Waals surface area (Å²) in [5.74, 6) is -0.284. The summed E-state index contributed by atoms with van der Waals surface area (Å²) in [4.78, 5) is 0. The van der Waals surface area contributed by atoms with Crippen molar-refractivity contribution in [3.05, 3.63) is 35.8 Å². The number of fused-ring (bicyclic) bond motifs is 1. The van der Waals surface area contributed by atoms with E-state index in [1.54, 1.807) is 12.3 Å². The average molecular weight is 276 g/mol. The Morgan fingerprint density at radius 1 is 1.39 bits per heavy atom. The summed E-state index contributed by atoms with van der Waals surface area (Å²) in [5, 5.41) is 9.48. The molecule has 2 rings (SSSR count). The van der Waals surface area contributed by atoms with Gasteiger partial charge in [-0.2, -0.15) is 8.42 Å². The zero-order valence-corrected chi connectivity index (χ0v) is 10.4. The minimum atomic E-state index is -3.67. The Labute approximate surface area is 104 Å². The highest BCUT2D eigenvalue weighted by molar-refractivity contribution is 7.85. The molecule has 0 amide bonds. The first-order chi connectivity index (χ1) is 8.31. The van der Waals surface area contributed by atoms with Crippen molar-refractivity contribution < 1.29 is 26.9 Å². The van der Waals surface area contributed by atoms with Crippen LogP contribution in [0.4, 0.5) is 4.39 Å². The third kappa shape index (κ3) is 4.82. The molecule has 1 aromatic carbocycles. The van der Waals surface area contributed by atoms with Gasteiger partial charge < -0.3 is 9.52 Å². The quantitative estimate of drug-likeness (QED) is 0.814. The maximum atomic E-state index is 12.8. The van der Waals surface area contributed by atoms with Gasteiger partial charge in [-0.3, -0.25) is 4.55 Å². The topological polar surface area (TPSA) is 87.7 Å². The molecular formula is C11H13FO5S. The summed E-state index contributed by atoms with van der Waals surface area (Å²) < 4.78 is 43.9. The van der Waals surface area contributed by atoms with Gasteiger partial charge in [0.05, 0.1) is 12.5 Å². The van der Waals surface area contributed by atoms with Crippen molar-refractivity contribution in [1.29, 1.82) is 0 Å². The van der Waals surface area contributed by atoms with Crippen LogP contribution in [-0.4, -0.2) is 30.9 Å². The fourth-order valence-electron chi connectivity index (χ4n) is 1.37. The van der Waals surface area contributed by atoms with Crippen LogP contribution in [0.3, 0.4) is 0 Å². The number of rotatable bonds is 2.